The smallest absolute Gasteiger partial charge is 0.206 e. The van der Waals surface area contributed by atoms with Gasteiger partial charge in [-0.3, -0.25) is 0 Å². The Balaban J connectivity index is 4.56. The van der Waals surface area contributed by atoms with Crippen LogP contribution in [0.1, 0.15) is 6.92 Å². The molecule has 7 nitrogen and oxygen atoms in total. The van der Waals surface area contributed by atoms with Crippen molar-refractivity contribution in [3.63, 3.8) is 0 Å². The highest BCUT2D eigenvalue weighted by molar-refractivity contribution is 5.21. The Morgan fingerprint density at radius 1 is 0.947 bits per heavy atom. The van der Waals surface area contributed by atoms with Crippen LogP contribution in [0.4, 0.5) is 0 Å². The van der Waals surface area contributed by atoms with Crippen LogP contribution in [0, 0.1) is 0 Å². The summed E-state index contributed by atoms with van der Waals surface area (Å²) in [4.78, 5) is 0. The van der Waals surface area contributed by atoms with Gasteiger partial charge in [0.2, 0.25) is 5.76 Å². The van der Waals surface area contributed by atoms with Crippen LogP contribution in [0.3, 0.4) is 0 Å². The summed E-state index contributed by atoms with van der Waals surface area (Å²) in [6.45, 7) is 2.78. The Labute approximate surface area is 111 Å². The van der Waals surface area contributed by atoms with Crippen LogP contribution < -0.4 is 0 Å². The van der Waals surface area contributed by atoms with Crippen molar-refractivity contribution in [1.29, 1.82) is 0 Å². The minimum absolute atomic E-state index is 0.134. The van der Waals surface area contributed by atoms with E-state index in [9.17, 15) is 0 Å². The summed E-state index contributed by atoms with van der Waals surface area (Å²) in [6.07, 6.45) is 3.35. The van der Waals surface area contributed by atoms with Gasteiger partial charge in [-0.25, -0.2) is 0 Å². The molecule has 4 N–H and O–H groups in total. The van der Waals surface area contributed by atoms with E-state index in [1.54, 1.807) is 0 Å². The lowest BCUT2D eigenvalue weighted by Crippen LogP contribution is -2.07. The fourth-order valence-corrected chi connectivity index (χ4v) is 0.971. The molecule has 0 aromatic rings. The quantitative estimate of drug-likeness (QED) is 0.290. The first kappa shape index (κ1) is 16.7. The zero-order chi connectivity index (χ0) is 14.5. The van der Waals surface area contributed by atoms with Crippen LogP contribution in [0.15, 0.2) is 48.4 Å². The highest BCUT2D eigenvalue weighted by Crippen LogP contribution is 2.16. The largest absolute Gasteiger partial charge is 0.515 e. The Hall–Kier alpha value is -2.28. The summed E-state index contributed by atoms with van der Waals surface area (Å²) in [5, 5.41) is 35.3. The maximum atomic E-state index is 9.00. The zero-order valence-electron chi connectivity index (χ0n) is 10.5. The molecule has 108 valence electrons. The molecule has 0 saturated heterocycles. The monoisotopic (exact) mass is 274 g/mol. The van der Waals surface area contributed by atoms with Gasteiger partial charge in [-0.05, 0) is 6.92 Å². The molecule has 0 aliphatic heterocycles. The van der Waals surface area contributed by atoms with Crippen molar-refractivity contribution in [2.24, 2.45) is 0 Å². The minimum Gasteiger partial charge on any atom is -0.515 e. The fourth-order valence-electron chi connectivity index (χ4n) is 0.971. The Morgan fingerprint density at radius 3 is 2.11 bits per heavy atom. The molecule has 0 amide bonds. The molecule has 0 unspecified atom stereocenters. The molecule has 0 aromatic carbocycles. The van der Waals surface area contributed by atoms with E-state index in [0.717, 1.165) is 6.08 Å². The topological polar surface area (TPSA) is 109 Å². The second kappa shape index (κ2) is 10.8. The molecule has 0 aliphatic carbocycles. The zero-order valence-corrected chi connectivity index (χ0v) is 10.5. The molecule has 0 aliphatic rings. The summed E-state index contributed by atoms with van der Waals surface area (Å²) < 4.78 is 15.1. The number of rotatable bonds is 9. The first-order valence-electron chi connectivity index (χ1n) is 5.46. The molecule has 0 bridgehead atoms. The third-order valence-electron chi connectivity index (χ3n) is 1.76. The van der Waals surface area contributed by atoms with E-state index in [1.807, 2.05) is 6.92 Å². The van der Waals surface area contributed by atoms with E-state index >= 15 is 0 Å². The Kier molecular flexibility index (Phi) is 9.55. The molecule has 0 atom stereocenters. The molecule has 0 saturated carbocycles. The van der Waals surface area contributed by atoms with Gasteiger partial charge in [0.1, 0.15) is 25.4 Å². The van der Waals surface area contributed by atoms with Gasteiger partial charge in [0.15, 0.2) is 11.5 Å². The van der Waals surface area contributed by atoms with Gasteiger partial charge in [0.25, 0.3) is 0 Å². The summed E-state index contributed by atoms with van der Waals surface area (Å²) >= 11 is 0. The predicted octanol–water partition coefficient (Wildman–Crippen LogP) is 2.33. The highest BCUT2D eigenvalue weighted by Gasteiger charge is 2.11. The number of ether oxygens (including phenoxy) is 3. The third-order valence-corrected chi connectivity index (χ3v) is 1.76. The van der Waals surface area contributed by atoms with Crippen molar-refractivity contribution in [2.45, 2.75) is 6.92 Å². The average molecular weight is 274 g/mol. The summed E-state index contributed by atoms with van der Waals surface area (Å²) in [5.41, 5.74) is 0. The van der Waals surface area contributed by atoms with Crippen LogP contribution in [0.25, 0.3) is 0 Å². The summed E-state index contributed by atoms with van der Waals surface area (Å²) in [6, 6.07) is 0. The van der Waals surface area contributed by atoms with E-state index in [4.69, 9.17) is 34.6 Å². The van der Waals surface area contributed by atoms with Crippen LogP contribution in [0.5, 0.6) is 0 Å². The van der Waals surface area contributed by atoms with Gasteiger partial charge in [-0.2, -0.15) is 0 Å². The molecule has 0 rings (SSSR count). The lowest BCUT2D eigenvalue weighted by atomic mass is 10.4. The van der Waals surface area contributed by atoms with Gasteiger partial charge in [0.05, 0.1) is 12.9 Å². The van der Waals surface area contributed by atoms with E-state index in [-0.39, 0.29) is 23.9 Å². The molecule has 0 heterocycles. The van der Waals surface area contributed by atoms with Gasteiger partial charge in [-0.15, -0.1) is 0 Å². The van der Waals surface area contributed by atoms with Crippen molar-refractivity contribution in [2.75, 3.05) is 19.8 Å². The second-order valence-electron chi connectivity index (χ2n) is 2.98. The number of hydrogen-bond donors (Lipinski definition) is 4. The van der Waals surface area contributed by atoms with Gasteiger partial charge < -0.3 is 34.6 Å². The second-order valence-corrected chi connectivity index (χ2v) is 2.98. The molecule has 7 heteroatoms. The minimum atomic E-state index is -0.252. The molecular formula is C12H18O7. The van der Waals surface area contributed by atoms with E-state index in [0.29, 0.717) is 38.3 Å². The lowest BCUT2D eigenvalue weighted by Gasteiger charge is -2.13. The molecule has 0 fully saturated rings. The van der Waals surface area contributed by atoms with Crippen molar-refractivity contribution >= 4 is 0 Å². The molecule has 0 radical (unpaired) electrons. The van der Waals surface area contributed by atoms with Crippen LogP contribution in [-0.2, 0) is 14.2 Å². The standard InChI is InChI=1S/C12H18O7/c1-2-17-5-6-18-11(8-15)12(9-16)19-10(7-14)3-4-13/h3-4,7-9,13-16H,2,5-6H2,1H3. The third kappa shape index (κ3) is 6.89. The first-order chi connectivity index (χ1) is 9.23. The molecule has 0 aromatic heterocycles. The first-order valence-corrected chi connectivity index (χ1v) is 5.46. The number of hydrogen-bond acceptors (Lipinski definition) is 7. The van der Waals surface area contributed by atoms with Crippen molar-refractivity contribution in [3.8, 4) is 0 Å². The number of aliphatic hydroxyl groups is 4. The highest BCUT2D eigenvalue weighted by atomic mass is 16.6. The van der Waals surface area contributed by atoms with Crippen LogP contribution in [0.2, 0.25) is 0 Å². The van der Waals surface area contributed by atoms with Gasteiger partial charge >= 0.3 is 0 Å². The van der Waals surface area contributed by atoms with Crippen LogP contribution in [-0.4, -0.2) is 40.2 Å². The van der Waals surface area contributed by atoms with Crippen molar-refractivity contribution < 1.29 is 34.6 Å². The Bertz CT molecular complexity index is 355. The van der Waals surface area contributed by atoms with Crippen molar-refractivity contribution in [1.82, 2.24) is 0 Å². The summed E-state index contributed by atoms with van der Waals surface area (Å²) in [5.74, 6) is -0.583. The van der Waals surface area contributed by atoms with E-state index in [2.05, 4.69) is 0 Å². The SMILES string of the molecule is CCOCCOC(=CO)C(=CO)OC(C=CO)=CO. The number of allylic oxidation sites excluding steroid dienone is 1. The normalized spacial score (nSPS) is 13.8. The fraction of sp³-hybridized carbons (Fsp3) is 0.333. The van der Waals surface area contributed by atoms with E-state index in [1.165, 1.54) is 0 Å². The molecular weight excluding hydrogens is 256 g/mol. The Morgan fingerprint density at radius 2 is 1.63 bits per heavy atom. The summed E-state index contributed by atoms with van der Waals surface area (Å²) in [7, 11) is 0. The van der Waals surface area contributed by atoms with Gasteiger partial charge in [-0.1, -0.05) is 0 Å². The maximum Gasteiger partial charge on any atom is 0.206 e. The predicted molar refractivity (Wildman–Crippen MR) is 67.4 cm³/mol. The molecule has 0 spiro atoms. The van der Waals surface area contributed by atoms with Crippen LogP contribution >= 0.6 is 0 Å². The molecule has 19 heavy (non-hydrogen) atoms. The maximum absolute atomic E-state index is 9.00. The van der Waals surface area contributed by atoms with Gasteiger partial charge in [0, 0.05) is 12.7 Å². The lowest BCUT2D eigenvalue weighted by molar-refractivity contribution is 0.0752. The number of aliphatic hydroxyl groups excluding tert-OH is 4. The van der Waals surface area contributed by atoms with E-state index < -0.39 is 0 Å². The van der Waals surface area contributed by atoms with Crippen molar-refractivity contribution in [3.05, 3.63) is 48.4 Å². The average Bonchev–Trinajstić information content (AvgIpc) is 2.44.